The van der Waals surface area contributed by atoms with Gasteiger partial charge in [0.2, 0.25) is 11.8 Å². The first-order valence-corrected chi connectivity index (χ1v) is 12.1. The van der Waals surface area contributed by atoms with Gasteiger partial charge in [0.15, 0.2) is 0 Å². The van der Waals surface area contributed by atoms with E-state index in [0.29, 0.717) is 23.0 Å². The first kappa shape index (κ1) is 21.3. The lowest BCUT2D eigenvalue weighted by molar-refractivity contribution is -0.138. The molecule has 4 fully saturated rings. The van der Waals surface area contributed by atoms with Gasteiger partial charge in [-0.3, -0.25) is 9.59 Å². The van der Waals surface area contributed by atoms with Crippen LogP contribution in [-0.2, 0) is 16.1 Å². The van der Waals surface area contributed by atoms with E-state index in [1.165, 1.54) is 6.07 Å². The quantitative estimate of drug-likeness (QED) is 0.587. The van der Waals surface area contributed by atoms with Crippen LogP contribution in [0.1, 0.15) is 37.7 Å². The molecule has 5 rings (SSSR count). The van der Waals surface area contributed by atoms with Crippen molar-refractivity contribution in [2.24, 2.45) is 29.1 Å². The number of carbonyl (C=O) groups excluding carboxylic acids is 2. The van der Waals surface area contributed by atoms with E-state index < -0.39 is 24.0 Å². The maximum Gasteiger partial charge on any atom is 0.224 e. The van der Waals surface area contributed by atoms with Gasteiger partial charge < -0.3 is 16.0 Å². The van der Waals surface area contributed by atoms with Gasteiger partial charge in [-0.15, -0.1) is 0 Å². The Labute approximate surface area is 189 Å². The van der Waals surface area contributed by atoms with Crippen LogP contribution in [0.25, 0.3) is 0 Å². The molecule has 3 saturated carbocycles. The van der Waals surface area contributed by atoms with Crippen molar-refractivity contribution in [1.82, 2.24) is 16.0 Å². The molecule has 4 aliphatic rings. The second kappa shape index (κ2) is 8.10. The molecule has 168 valence electrons. The van der Waals surface area contributed by atoms with Crippen LogP contribution in [0.2, 0.25) is 0 Å². The molecule has 1 aliphatic heterocycles. The normalized spacial score (nSPS) is 35.2. The summed E-state index contributed by atoms with van der Waals surface area (Å²) in [5.74, 6) is -1.19. The molecule has 3 N–H and O–H groups in total. The molecule has 2 bridgehead atoms. The third-order valence-electron chi connectivity index (χ3n) is 8.16. The zero-order chi connectivity index (χ0) is 21.8. The Bertz CT molecular complexity index is 894. The summed E-state index contributed by atoms with van der Waals surface area (Å²) in [6.07, 6.45) is 3.49. The molecule has 2 amide bonds. The van der Waals surface area contributed by atoms with Gasteiger partial charge >= 0.3 is 0 Å². The van der Waals surface area contributed by atoms with Crippen molar-refractivity contribution in [3.05, 3.63) is 34.1 Å². The number of hydrogen-bond acceptors (Lipinski definition) is 3. The molecular weight excluding hydrogens is 468 g/mol. The highest BCUT2D eigenvalue weighted by Gasteiger charge is 2.71. The van der Waals surface area contributed by atoms with E-state index in [1.54, 1.807) is 12.1 Å². The zero-order valence-electron chi connectivity index (χ0n) is 17.3. The van der Waals surface area contributed by atoms with E-state index in [2.05, 4.69) is 31.9 Å². The van der Waals surface area contributed by atoms with Gasteiger partial charge in [0.05, 0.1) is 17.9 Å². The SMILES string of the molecule is O=C(N[C@@H]1CCNC[C@H]1F)[C@H]1[C@H](C(=O)NCc2ccc(Br)cc2F)[C@@H]2CC[C@H]1C21CC1. The lowest BCUT2D eigenvalue weighted by Crippen LogP contribution is -2.54. The Hall–Kier alpha value is -1.54. The van der Waals surface area contributed by atoms with Crippen LogP contribution in [0, 0.1) is 34.9 Å². The van der Waals surface area contributed by atoms with Crippen molar-refractivity contribution in [2.75, 3.05) is 13.1 Å². The Morgan fingerprint density at radius 2 is 1.84 bits per heavy atom. The number of piperidine rings is 1. The van der Waals surface area contributed by atoms with E-state index >= 15 is 0 Å². The highest BCUT2D eigenvalue weighted by atomic mass is 79.9. The molecule has 0 aromatic heterocycles. The molecule has 1 spiro atoms. The summed E-state index contributed by atoms with van der Waals surface area (Å²) in [6, 6.07) is 4.26. The smallest absolute Gasteiger partial charge is 0.224 e. The largest absolute Gasteiger partial charge is 0.352 e. The second-order valence-electron chi connectivity index (χ2n) is 9.65. The van der Waals surface area contributed by atoms with E-state index in [1.807, 2.05) is 0 Å². The van der Waals surface area contributed by atoms with Crippen molar-refractivity contribution < 1.29 is 18.4 Å². The van der Waals surface area contributed by atoms with Gasteiger partial charge in [-0.05, 0) is 68.0 Å². The Balaban J connectivity index is 1.32. The van der Waals surface area contributed by atoms with E-state index in [0.717, 1.165) is 25.7 Å². The third kappa shape index (κ3) is 3.69. The maximum atomic E-state index is 14.3. The number of halogens is 3. The molecule has 31 heavy (non-hydrogen) atoms. The molecule has 5 nitrogen and oxygen atoms in total. The Morgan fingerprint density at radius 3 is 2.48 bits per heavy atom. The van der Waals surface area contributed by atoms with Crippen molar-refractivity contribution in [3.63, 3.8) is 0 Å². The molecule has 3 aliphatic carbocycles. The third-order valence-corrected chi connectivity index (χ3v) is 8.65. The first-order valence-electron chi connectivity index (χ1n) is 11.3. The molecule has 1 aromatic carbocycles. The number of alkyl halides is 1. The summed E-state index contributed by atoms with van der Waals surface area (Å²) in [5, 5.41) is 8.83. The van der Waals surface area contributed by atoms with Gasteiger partial charge in [0.1, 0.15) is 12.0 Å². The highest BCUT2D eigenvalue weighted by molar-refractivity contribution is 9.10. The van der Waals surface area contributed by atoms with E-state index in [-0.39, 0.29) is 48.0 Å². The molecule has 6 atom stereocenters. The number of hydrogen-bond donors (Lipinski definition) is 3. The van der Waals surface area contributed by atoms with Crippen LogP contribution in [-0.4, -0.2) is 37.1 Å². The molecule has 1 aromatic rings. The van der Waals surface area contributed by atoms with Gasteiger partial charge in [-0.25, -0.2) is 8.78 Å². The molecular formula is C23H28BrF2N3O2. The van der Waals surface area contributed by atoms with Crippen LogP contribution in [0.3, 0.4) is 0 Å². The van der Waals surface area contributed by atoms with Gasteiger partial charge in [0.25, 0.3) is 0 Å². The number of amides is 2. The van der Waals surface area contributed by atoms with Crippen LogP contribution in [0.5, 0.6) is 0 Å². The minimum Gasteiger partial charge on any atom is -0.352 e. The van der Waals surface area contributed by atoms with E-state index in [9.17, 15) is 18.4 Å². The molecule has 0 radical (unpaired) electrons. The number of rotatable bonds is 5. The summed E-state index contributed by atoms with van der Waals surface area (Å²) >= 11 is 3.24. The molecule has 8 heteroatoms. The molecule has 0 unspecified atom stereocenters. The van der Waals surface area contributed by atoms with Crippen LogP contribution in [0.15, 0.2) is 22.7 Å². The summed E-state index contributed by atoms with van der Waals surface area (Å²) in [4.78, 5) is 26.6. The molecule has 1 heterocycles. The number of nitrogens with one attached hydrogen (secondary N) is 3. The van der Waals surface area contributed by atoms with E-state index in [4.69, 9.17) is 0 Å². The highest BCUT2D eigenvalue weighted by Crippen LogP contribution is 2.74. The Kier molecular flexibility index (Phi) is 5.57. The fourth-order valence-corrected chi connectivity index (χ4v) is 6.92. The second-order valence-corrected chi connectivity index (χ2v) is 10.6. The average Bonchev–Trinajstić information content (AvgIpc) is 3.41. The first-order chi connectivity index (χ1) is 14.9. The monoisotopic (exact) mass is 495 g/mol. The van der Waals surface area contributed by atoms with Crippen molar-refractivity contribution in [3.8, 4) is 0 Å². The van der Waals surface area contributed by atoms with Crippen molar-refractivity contribution in [2.45, 2.75) is 50.9 Å². The number of benzene rings is 1. The zero-order valence-corrected chi connectivity index (χ0v) is 18.9. The van der Waals surface area contributed by atoms with Crippen LogP contribution < -0.4 is 16.0 Å². The number of carbonyl (C=O) groups is 2. The van der Waals surface area contributed by atoms with Gasteiger partial charge in [0, 0.05) is 23.1 Å². The predicted octanol–water partition coefficient (Wildman–Crippen LogP) is 3.07. The fraction of sp³-hybridized carbons (Fsp3) is 0.652. The lowest BCUT2D eigenvalue weighted by atomic mass is 9.78. The average molecular weight is 496 g/mol. The fourth-order valence-electron chi connectivity index (χ4n) is 6.59. The predicted molar refractivity (Wildman–Crippen MR) is 115 cm³/mol. The standard InChI is InChI=1S/C23H28BrF2N3O2/c24-13-2-1-12(16(25)9-13)10-28-21(30)19-14-3-4-15(23(14)6-7-23)20(19)22(31)29-18-5-8-27-11-17(18)26/h1-2,9,14-15,17-20,27H,3-8,10-11H2,(H,28,30)(H,29,31)/t14-,15+,17+,18+,19+,20+/m0/s1. The summed E-state index contributed by atoms with van der Waals surface area (Å²) in [5.41, 5.74) is 0.521. The lowest BCUT2D eigenvalue weighted by Gasteiger charge is -2.33. The van der Waals surface area contributed by atoms with Crippen LogP contribution in [0.4, 0.5) is 8.78 Å². The van der Waals surface area contributed by atoms with Crippen molar-refractivity contribution in [1.29, 1.82) is 0 Å². The topological polar surface area (TPSA) is 70.2 Å². The van der Waals surface area contributed by atoms with Crippen LogP contribution >= 0.6 is 15.9 Å². The minimum atomic E-state index is -1.11. The maximum absolute atomic E-state index is 14.3. The van der Waals surface area contributed by atoms with Crippen molar-refractivity contribution >= 4 is 27.7 Å². The molecule has 1 saturated heterocycles. The summed E-state index contributed by atoms with van der Waals surface area (Å²) < 4.78 is 29.1. The summed E-state index contributed by atoms with van der Waals surface area (Å²) in [7, 11) is 0. The Morgan fingerprint density at radius 1 is 1.13 bits per heavy atom. The van der Waals surface area contributed by atoms with Gasteiger partial charge in [-0.2, -0.15) is 0 Å². The summed E-state index contributed by atoms with van der Waals surface area (Å²) in [6.45, 7) is 1.01. The van der Waals surface area contributed by atoms with Gasteiger partial charge in [-0.1, -0.05) is 22.0 Å². The minimum absolute atomic E-state index is 0.0913.